The second-order valence-corrected chi connectivity index (χ2v) is 6.69. The minimum absolute atomic E-state index is 0.213. The van der Waals surface area contributed by atoms with Crippen LogP contribution in [0, 0.1) is 19.7 Å². The first kappa shape index (κ1) is 17.9. The second-order valence-electron chi connectivity index (χ2n) is 6.69. The van der Waals surface area contributed by atoms with Gasteiger partial charge in [-0.25, -0.2) is 14.1 Å². The molecule has 0 radical (unpaired) electrons. The number of aromatic nitrogens is 4. The molecule has 0 aliphatic rings. The summed E-state index contributed by atoms with van der Waals surface area (Å²) in [6.45, 7) is 3.93. The van der Waals surface area contributed by atoms with E-state index in [0.717, 1.165) is 16.9 Å². The maximum absolute atomic E-state index is 13.2. The second kappa shape index (κ2) is 6.92. The van der Waals surface area contributed by atoms with E-state index in [4.69, 9.17) is 0 Å². The predicted octanol–water partition coefficient (Wildman–Crippen LogP) is 3.44. The van der Waals surface area contributed by atoms with E-state index in [2.05, 4.69) is 15.4 Å². The number of aryl methyl sites for hydroxylation is 2. The van der Waals surface area contributed by atoms with Gasteiger partial charge in [0.05, 0.1) is 40.2 Å². The zero-order valence-corrected chi connectivity index (χ0v) is 15.9. The average molecular weight is 377 g/mol. The Morgan fingerprint density at radius 1 is 1.11 bits per heavy atom. The zero-order valence-electron chi connectivity index (χ0n) is 15.9. The average Bonchev–Trinajstić information content (AvgIpc) is 3.17. The standard InChI is InChI=1S/C21H20FN5O/c1-13-20(14(2)27(25-13)16-10-8-15(22)9-11-16)21(28)23-12-19-24-17-6-4-5-7-18(17)26(19)3/h4-11H,12H2,1-3H3,(H,23,28). The van der Waals surface area contributed by atoms with Gasteiger partial charge in [0.1, 0.15) is 11.6 Å². The number of imidazole rings is 1. The number of amides is 1. The van der Waals surface area contributed by atoms with Crippen LogP contribution in [0.25, 0.3) is 16.7 Å². The van der Waals surface area contributed by atoms with Crippen LogP contribution in [0.2, 0.25) is 0 Å². The molecule has 0 aliphatic heterocycles. The summed E-state index contributed by atoms with van der Waals surface area (Å²) in [4.78, 5) is 17.4. The van der Waals surface area contributed by atoms with Crippen molar-refractivity contribution in [2.24, 2.45) is 7.05 Å². The number of hydrogen-bond donors (Lipinski definition) is 1. The van der Waals surface area contributed by atoms with Crippen molar-refractivity contribution >= 4 is 16.9 Å². The molecular formula is C21H20FN5O. The normalized spacial score (nSPS) is 11.1. The van der Waals surface area contributed by atoms with Gasteiger partial charge in [-0.2, -0.15) is 5.10 Å². The minimum Gasteiger partial charge on any atom is -0.345 e. The molecule has 4 rings (SSSR count). The molecule has 0 aliphatic carbocycles. The van der Waals surface area contributed by atoms with Crippen LogP contribution in [0.5, 0.6) is 0 Å². The number of nitrogens with zero attached hydrogens (tertiary/aromatic N) is 4. The van der Waals surface area contributed by atoms with Crippen molar-refractivity contribution < 1.29 is 9.18 Å². The summed E-state index contributed by atoms with van der Waals surface area (Å²) in [7, 11) is 1.93. The number of rotatable bonds is 4. The van der Waals surface area contributed by atoms with E-state index in [1.54, 1.807) is 23.7 Å². The first-order valence-corrected chi connectivity index (χ1v) is 8.96. The van der Waals surface area contributed by atoms with Crippen LogP contribution in [-0.2, 0) is 13.6 Å². The van der Waals surface area contributed by atoms with E-state index in [-0.39, 0.29) is 11.7 Å². The molecule has 0 unspecified atom stereocenters. The van der Waals surface area contributed by atoms with Gasteiger partial charge < -0.3 is 9.88 Å². The Kier molecular flexibility index (Phi) is 4.43. The van der Waals surface area contributed by atoms with Crippen LogP contribution < -0.4 is 5.32 Å². The van der Waals surface area contributed by atoms with Crippen LogP contribution in [0.1, 0.15) is 27.6 Å². The number of hydrogen-bond acceptors (Lipinski definition) is 3. The Bertz CT molecular complexity index is 1170. The van der Waals surface area contributed by atoms with Crippen molar-refractivity contribution in [2.75, 3.05) is 0 Å². The van der Waals surface area contributed by atoms with Gasteiger partial charge in [0.2, 0.25) is 0 Å². The summed E-state index contributed by atoms with van der Waals surface area (Å²) in [5.41, 5.74) is 4.45. The molecule has 1 N–H and O–H groups in total. The Morgan fingerprint density at radius 2 is 1.82 bits per heavy atom. The highest BCUT2D eigenvalue weighted by molar-refractivity contribution is 5.96. The summed E-state index contributed by atoms with van der Waals surface area (Å²) in [5, 5.41) is 7.39. The fraction of sp³-hybridized carbons (Fsp3) is 0.190. The van der Waals surface area contributed by atoms with Crippen molar-refractivity contribution in [3.8, 4) is 5.69 Å². The van der Waals surface area contributed by atoms with Gasteiger partial charge in [-0.1, -0.05) is 12.1 Å². The predicted molar refractivity (Wildman–Crippen MR) is 105 cm³/mol. The molecule has 0 spiro atoms. The zero-order chi connectivity index (χ0) is 19.8. The molecule has 2 aromatic carbocycles. The lowest BCUT2D eigenvalue weighted by molar-refractivity contribution is 0.0948. The van der Waals surface area contributed by atoms with Crippen molar-refractivity contribution in [3.63, 3.8) is 0 Å². The highest BCUT2D eigenvalue weighted by Crippen LogP contribution is 2.19. The fourth-order valence-corrected chi connectivity index (χ4v) is 3.41. The molecular weight excluding hydrogens is 357 g/mol. The number of para-hydroxylation sites is 2. The Labute approximate surface area is 161 Å². The molecule has 0 saturated carbocycles. The Morgan fingerprint density at radius 3 is 2.54 bits per heavy atom. The molecule has 1 amide bonds. The van der Waals surface area contributed by atoms with Gasteiger partial charge >= 0.3 is 0 Å². The Balaban J connectivity index is 1.58. The summed E-state index contributed by atoms with van der Waals surface area (Å²) < 4.78 is 16.8. The minimum atomic E-state index is -0.314. The molecule has 0 atom stereocenters. The lowest BCUT2D eigenvalue weighted by Gasteiger charge is -2.07. The molecule has 2 heterocycles. The summed E-state index contributed by atoms with van der Waals surface area (Å²) >= 11 is 0. The van der Waals surface area contributed by atoms with Crippen LogP contribution >= 0.6 is 0 Å². The van der Waals surface area contributed by atoms with Gasteiger partial charge in [0.15, 0.2) is 0 Å². The van der Waals surface area contributed by atoms with E-state index in [9.17, 15) is 9.18 Å². The van der Waals surface area contributed by atoms with E-state index in [1.165, 1.54) is 12.1 Å². The quantitative estimate of drug-likeness (QED) is 0.592. The van der Waals surface area contributed by atoms with Gasteiger partial charge in [-0.05, 0) is 50.2 Å². The smallest absolute Gasteiger partial charge is 0.255 e. The van der Waals surface area contributed by atoms with Crippen LogP contribution in [-0.4, -0.2) is 25.2 Å². The van der Waals surface area contributed by atoms with Crippen molar-refractivity contribution in [2.45, 2.75) is 20.4 Å². The molecule has 28 heavy (non-hydrogen) atoms. The van der Waals surface area contributed by atoms with Gasteiger partial charge in [0, 0.05) is 7.05 Å². The summed E-state index contributed by atoms with van der Waals surface area (Å²) in [6, 6.07) is 13.9. The molecule has 7 heteroatoms. The number of halogens is 1. The van der Waals surface area contributed by atoms with Crippen molar-refractivity contribution in [3.05, 3.63) is 77.1 Å². The SMILES string of the molecule is Cc1nn(-c2ccc(F)cc2)c(C)c1C(=O)NCc1nc2ccccc2n1C. The van der Waals surface area contributed by atoms with E-state index >= 15 is 0 Å². The van der Waals surface area contributed by atoms with E-state index in [1.807, 2.05) is 42.8 Å². The van der Waals surface area contributed by atoms with Crippen LogP contribution in [0.15, 0.2) is 48.5 Å². The first-order chi connectivity index (χ1) is 13.5. The topological polar surface area (TPSA) is 64.7 Å². The maximum Gasteiger partial charge on any atom is 0.255 e. The molecule has 4 aromatic rings. The van der Waals surface area contributed by atoms with Crippen LogP contribution in [0.4, 0.5) is 4.39 Å². The lowest BCUT2D eigenvalue weighted by Crippen LogP contribution is -2.25. The van der Waals surface area contributed by atoms with Crippen LogP contribution in [0.3, 0.4) is 0 Å². The third-order valence-corrected chi connectivity index (χ3v) is 4.88. The summed E-state index contributed by atoms with van der Waals surface area (Å²) in [5.74, 6) is 0.247. The number of carbonyl (C=O) groups excluding carboxylic acids is 1. The van der Waals surface area contributed by atoms with Crippen molar-refractivity contribution in [1.29, 1.82) is 0 Å². The largest absolute Gasteiger partial charge is 0.345 e. The van der Waals surface area contributed by atoms with Gasteiger partial charge in [0.25, 0.3) is 5.91 Å². The molecule has 0 saturated heterocycles. The molecule has 2 aromatic heterocycles. The van der Waals surface area contributed by atoms with Crippen molar-refractivity contribution in [1.82, 2.24) is 24.6 Å². The van der Waals surface area contributed by atoms with E-state index < -0.39 is 0 Å². The monoisotopic (exact) mass is 377 g/mol. The third-order valence-electron chi connectivity index (χ3n) is 4.88. The number of fused-ring (bicyclic) bond motifs is 1. The summed E-state index contributed by atoms with van der Waals surface area (Å²) in [6.07, 6.45) is 0. The maximum atomic E-state index is 13.2. The first-order valence-electron chi connectivity index (χ1n) is 8.96. The van der Waals surface area contributed by atoms with Gasteiger partial charge in [-0.3, -0.25) is 4.79 Å². The molecule has 142 valence electrons. The molecule has 0 bridgehead atoms. The number of nitrogens with one attached hydrogen (secondary N) is 1. The number of carbonyl (C=O) groups is 1. The lowest BCUT2D eigenvalue weighted by atomic mass is 10.2. The van der Waals surface area contributed by atoms with Gasteiger partial charge in [-0.15, -0.1) is 0 Å². The highest BCUT2D eigenvalue weighted by Gasteiger charge is 2.20. The highest BCUT2D eigenvalue weighted by atomic mass is 19.1. The third kappa shape index (κ3) is 3.05. The number of benzene rings is 2. The Hall–Kier alpha value is -3.48. The fourth-order valence-electron chi connectivity index (χ4n) is 3.41. The van der Waals surface area contributed by atoms with E-state index in [0.29, 0.717) is 29.2 Å². The molecule has 6 nitrogen and oxygen atoms in total. The molecule has 0 fully saturated rings.